The Hall–Kier alpha value is -3.40. The number of hydrogen-bond donors (Lipinski definition) is 3. The van der Waals surface area contributed by atoms with E-state index >= 15 is 0 Å². The number of carbonyl (C=O) groups excluding carboxylic acids is 1. The first-order valence-corrected chi connectivity index (χ1v) is 12.3. The molecule has 9 nitrogen and oxygen atoms in total. The minimum Gasteiger partial charge on any atom is -0.495 e. The van der Waals surface area contributed by atoms with E-state index in [9.17, 15) is 4.79 Å². The van der Waals surface area contributed by atoms with E-state index in [-0.39, 0.29) is 11.4 Å². The Morgan fingerprint density at radius 2 is 2.06 bits per heavy atom. The molecule has 1 amide bonds. The van der Waals surface area contributed by atoms with Gasteiger partial charge in [-0.25, -0.2) is 4.98 Å². The smallest absolute Gasteiger partial charge is 0.256 e. The summed E-state index contributed by atoms with van der Waals surface area (Å²) in [6.45, 7) is 1.99. The summed E-state index contributed by atoms with van der Waals surface area (Å²) < 4.78 is 7.31. The number of primary amides is 1. The highest BCUT2D eigenvalue weighted by Crippen LogP contribution is 2.35. The third-order valence-corrected chi connectivity index (χ3v) is 7.30. The van der Waals surface area contributed by atoms with Crippen molar-refractivity contribution in [2.45, 2.75) is 25.2 Å². The number of methoxy groups -OCH3 is 1. The lowest BCUT2D eigenvalue weighted by Gasteiger charge is -2.24. The van der Waals surface area contributed by atoms with Gasteiger partial charge in [-0.2, -0.15) is 0 Å². The maximum Gasteiger partial charge on any atom is 0.256 e. The molecule has 0 saturated carbocycles. The summed E-state index contributed by atoms with van der Waals surface area (Å²) in [5.74, 6) is 1.24. The summed E-state index contributed by atoms with van der Waals surface area (Å²) in [6.07, 6.45) is 3.96. The van der Waals surface area contributed by atoms with Crippen LogP contribution in [0.5, 0.6) is 5.75 Å². The van der Waals surface area contributed by atoms with Gasteiger partial charge < -0.3 is 21.1 Å². The molecule has 2 aromatic heterocycles. The summed E-state index contributed by atoms with van der Waals surface area (Å²) in [5, 5.41) is 15.6. The van der Waals surface area contributed by atoms with Crippen molar-refractivity contribution in [1.82, 2.24) is 24.9 Å². The average Bonchev–Trinajstić information content (AvgIpc) is 3.37. The van der Waals surface area contributed by atoms with Crippen molar-refractivity contribution < 1.29 is 9.53 Å². The van der Waals surface area contributed by atoms with Crippen molar-refractivity contribution in [3.63, 3.8) is 0 Å². The molecule has 36 heavy (non-hydrogen) atoms. The zero-order valence-electron chi connectivity index (χ0n) is 19.6. The molecular formula is C25H25Cl2N7O2. The molecule has 2 aromatic carbocycles. The molecule has 0 aliphatic carbocycles. The molecule has 1 saturated heterocycles. The molecule has 5 rings (SSSR count). The SMILES string of the molecule is COc1cc(C2CCNCC2)ccc1Nc1nc(Cc2cccc(Cl)c2Cl)n2cnnc2c1C(N)=O. The molecule has 0 unspecified atom stereocenters. The van der Waals surface area contributed by atoms with E-state index in [0.717, 1.165) is 31.5 Å². The number of amides is 1. The number of benzene rings is 2. The lowest BCUT2D eigenvalue weighted by atomic mass is 9.90. The summed E-state index contributed by atoms with van der Waals surface area (Å²) in [5.41, 5.74) is 8.81. The van der Waals surface area contributed by atoms with Crippen LogP contribution in [-0.2, 0) is 6.42 Å². The number of aromatic nitrogens is 4. The molecule has 0 bridgehead atoms. The van der Waals surface area contributed by atoms with Crippen LogP contribution in [0.3, 0.4) is 0 Å². The summed E-state index contributed by atoms with van der Waals surface area (Å²) in [4.78, 5) is 17.2. The van der Waals surface area contributed by atoms with Gasteiger partial charge in [0.15, 0.2) is 5.65 Å². The van der Waals surface area contributed by atoms with Crippen LogP contribution >= 0.6 is 23.2 Å². The van der Waals surface area contributed by atoms with Gasteiger partial charge >= 0.3 is 0 Å². The van der Waals surface area contributed by atoms with Gasteiger partial charge in [0.25, 0.3) is 5.91 Å². The Kier molecular flexibility index (Phi) is 6.95. The fourth-order valence-corrected chi connectivity index (χ4v) is 4.97. The highest BCUT2D eigenvalue weighted by molar-refractivity contribution is 6.42. The third kappa shape index (κ3) is 4.69. The Morgan fingerprint density at radius 3 is 2.81 bits per heavy atom. The zero-order chi connectivity index (χ0) is 25.2. The molecule has 4 N–H and O–H groups in total. The maximum absolute atomic E-state index is 12.5. The van der Waals surface area contributed by atoms with Crippen molar-refractivity contribution in [1.29, 1.82) is 0 Å². The minimum absolute atomic E-state index is 0.123. The summed E-state index contributed by atoms with van der Waals surface area (Å²) >= 11 is 12.6. The predicted molar refractivity (Wildman–Crippen MR) is 140 cm³/mol. The molecule has 1 aliphatic rings. The number of nitrogens with zero attached hydrogens (tertiary/aromatic N) is 4. The van der Waals surface area contributed by atoms with Crippen LogP contribution in [0.15, 0.2) is 42.7 Å². The lowest BCUT2D eigenvalue weighted by Crippen LogP contribution is -2.26. The monoisotopic (exact) mass is 525 g/mol. The summed E-state index contributed by atoms with van der Waals surface area (Å²) in [6, 6.07) is 11.4. The quantitative estimate of drug-likeness (QED) is 0.328. The van der Waals surface area contributed by atoms with E-state index < -0.39 is 5.91 Å². The van der Waals surface area contributed by atoms with Gasteiger partial charge in [-0.15, -0.1) is 10.2 Å². The molecule has 0 atom stereocenters. The number of rotatable bonds is 7. The van der Waals surface area contributed by atoms with Crippen LogP contribution in [-0.4, -0.2) is 45.7 Å². The molecule has 11 heteroatoms. The number of halogens is 2. The summed E-state index contributed by atoms with van der Waals surface area (Å²) in [7, 11) is 1.61. The maximum atomic E-state index is 12.5. The van der Waals surface area contributed by atoms with Crippen molar-refractivity contribution >= 4 is 46.3 Å². The first kappa shape index (κ1) is 24.3. The normalized spacial score (nSPS) is 14.2. The number of nitrogens with two attached hydrogens (primary N) is 1. The van der Waals surface area contributed by atoms with E-state index in [1.165, 1.54) is 11.9 Å². The number of hydrogen-bond acceptors (Lipinski definition) is 7. The van der Waals surface area contributed by atoms with Crippen molar-refractivity contribution in [2.75, 3.05) is 25.5 Å². The first-order chi connectivity index (χ1) is 17.5. The molecule has 0 spiro atoms. The van der Waals surface area contributed by atoms with Crippen LogP contribution in [0.25, 0.3) is 5.65 Å². The van der Waals surface area contributed by atoms with Gasteiger partial charge in [0.2, 0.25) is 0 Å². The van der Waals surface area contributed by atoms with E-state index in [1.807, 2.05) is 24.3 Å². The van der Waals surface area contributed by atoms with Crippen molar-refractivity contribution in [3.05, 3.63) is 75.3 Å². The lowest BCUT2D eigenvalue weighted by molar-refractivity contribution is 0.100. The van der Waals surface area contributed by atoms with Gasteiger partial charge in [0.1, 0.15) is 29.3 Å². The van der Waals surface area contributed by atoms with E-state index in [1.54, 1.807) is 17.6 Å². The standard InChI is InChI=1S/C25H25Cl2N7O2/c1-36-19-11-15(14-7-9-29-10-8-14)5-6-18(19)31-24-21(23(28)35)25-33-30-13-34(25)20(32-24)12-16-3-2-4-17(26)22(16)27/h2-6,11,13-14,29,31H,7-10,12H2,1H3,(H2,28,35). The van der Waals surface area contributed by atoms with Gasteiger partial charge in [-0.1, -0.05) is 41.4 Å². The third-order valence-electron chi connectivity index (χ3n) is 6.44. The predicted octanol–water partition coefficient (Wildman–Crippen LogP) is 4.34. The second-order valence-corrected chi connectivity index (χ2v) is 9.42. The van der Waals surface area contributed by atoms with Crippen LogP contribution in [0.4, 0.5) is 11.5 Å². The fourth-order valence-electron chi connectivity index (χ4n) is 4.58. The second kappa shape index (κ2) is 10.3. The van der Waals surface area contributed by atoms with Gasteiger partial charge in [0.05, 0.1) is 22.8 Å². The molecule has 0 radical (unpaired) electrons. The van der Waals surface area contributed by atoms with Crippen LogP contribution in [0, 0.1) is 0 Å². The Balaban J connectivity index is 1.56. The molecule has 1 fully saturated rings. The van der Waals surface area contributed by atoms with Crippen LogP contribution in [0.2, 0.25) is 10.0 Å². The number of nitrogens with one attached hydrogen (secondary N) is 2. The van der Waals surface area contributed by atoms with E-state index in [4.69, 9.17) is 38.7 Å². The van der Waals surface area contributed by atoms with Crippen LogP contribution in [0.1, 0.15) is 46.1 Å². The molecular weight excluding hydrogens is 501 g/mol. The average molecular weight is 526 g/mol. The van der Waals surface area contributed by atoms with Crippen LogP contribution < -0.4 is 21.1 Å². The number of carbonyl (C=O) groups is 1. The van der Waals surface area contributed by atoms with Crippen molar-refractivity contribution in [2.24, 2.45) is 5.73 Å². The highest BCUT2D eigenvalue weighted by Gasteiger charge is 2.23. The molecule has 186 valence electrons. The number of piperidine rings is 1. The Morgan fingerprint density at radius 1 is 1.25 bits per heavy atom. The topological polar surface area (TPSA) is 119 Å². The molecule has 3 heterocycles. The Labute approximate surface area is 218 Å². The van der Waals surface area contributed by atoms with Crippen molar-refractivity contribution in [3.8, 4) is 5.75 Å². The molecule has 1 aliphatic heterocycles. The van der Waals surface area contributed by atoms with Gasteiger partial charge in [0, 0.05) is 6.42 Å². The zero-order valence-corrected chi connectivity index (χ0v) is 21.1. The highest BCUT2D eigenvalue weighted by atomic mass is 35.5. The van der Waals surface area contributed by atoms with E-state index in [2.05, 4.69) is 26.9 Å². The number of anilines is 2. The van der Waals surface area contributed by atoms with E-state index in [0.29, 0.717) is 45.3 Å². The number of ether oxygens (including phenoxy) is 1. The second-order valence-electron chi connectivity index (χ2n) is 8.64. The largest absolute Gasteiger partial charge is 0.495 e. The van der Waals surface area contributed by atoms with Gasteiger partial charge in [-0.05, 0) is 61.2 Å². The fraction of sp³-hybridized carbons (Fsp3) is 0.280. The molecule has 4 aromatic rings. The number of fused-ring (bicyclic) bond motifs is 1. The first-order valence-electron chi connectivity index (χ1n) is 11.6. The minimum atomic E-state index is -0.680. The Bertz CT molecular complexity index is 1430. The van der Waals surface area contributed by atoms with Gasteiger partial charge in [-0.3, -0.25) is 9.20 Å².